The van der Waals surface area contributed by atoms with Crippen molar-refractivity contribution in [1.82, 2.24) is 9.97 Å². The lowest BCUT2D eigenvalue weighted by Gasteiger charge is -2.20. The van der Waals surface area contributed by atoms with Crippen molar-refractivity contribution in [2.24, 2.45) is 0 Å². The van der Waals surface area contributed by atoms with Crippen LogP contribution in [0.2, 0.25) is 5.02 Å². The molecule has 10 heteroatoms. The van der Waals surface area contributed by atoms with E-state index in [1.54, 1.807) is 41.6 Å². The van der Waals surface area contributed by atoms with E-state index < -0.39 is 9.84 Å². The number of carbonyl (C=O) groups is 1. The Morgan fingerprint density at radius 2 is 1.94 bits per heavy atom. The molecule has 176 valence electrons. The molecule has 0 aliphatic carbocycles. The van der Waals surface area contributed by atoms with Crippen LogP contribution in [0.5, 0.6) is 5.75 Å². The van der Waals surface area contributed by atoms with Gasteiger partial charge in [0.1, 0.15) is 5.75 Å². The fourth-order valence-electron chi connectivity index (χ4n) is 3.39. The first-order valence-electron chi connectivity index (χ1n) is 10.5. The maximum atomic E-state index is 13.2. The minimum Gasteiger partial charge on any atom is -0.497 e. The first kappa shape index (κ1) is 24.1. The van der Waals surface area contributed by atoms with Crippen molar-refractivity contribution < 1.29 is 17.9 Å². The number of aromatic nitrogens is 2. The molecule has 1 amide bonds. The predicted octanol–water partition coefficient (Wildman–Crippen LogP) is 5.14. The van der Waals surface area contributed by atoms with Gasteiger partial charge in [-0.1, -0.05) is 29.0 Å². The fraction of sp³-hybridized carbons (Fsp3) is 0.208. The number of rotatable bonds is 9. The second kappa shape index (κ2) is 10.5. The van der Waals surface area contributed by atoms with Crippen molar-refractivity contribution in [3.63, 3.8) is 0 Å². The SMILES string of the molecule is COc1ccc(S(=O)(=O)CCCC(=O)N(Cc2cccnc2)c2nc3ccc(Cl)cc3s2)cc1. The lowest BCUT2D eigenvalue weighted by molar-refractivity contribution is -0.118. The number of benzene rings is 2. The molecule has 4 rings (SSSR count). The van der Waals surface area contributed by atoms with Gasteiger partial charge in [0.25, 0.3) is 0 Å². The van der Waals surface area contributed by atoms with Crippen molar-refractivity contribution >= 4 is 54.0 Å². The van der Waals surface area contributed by atoms with Crippen LogP contribution in [0.4, 0.5) is 5.13 Å². The molecule has 7 nitrogen and oxygen atoms in total. The molecule has 2 heterocycles. The van der Waals surface area contributed by atoms with Gasteiger partial charge in [-0.05, 0) is 60.5 Å². The Bertz CT molecular complexity index is 1390. The van der Waals surface area contributed by atoms with E-state index in [2.05, 4.69) is 9.97 Å². The summed E-state index contributed by atoms with van der Waals surface area (Å²) in [5, 5.41) is 1.13. The summed E-state index contributed by atoms with van der Waals surface area (Å²) in [6.45, 7) is 0.283. The van der Waals surface area contributed by atoms with Crippen LogP contribution in [0.1, 0.15) is 18.4 Å². The number of fused-ring (bicyclic) bond motifs is 1. The summed E-state index contributed by atoms with van der Waals surface area (Å²) in [7, 11) is -2.00. The number of hydrogen-bond donors (Lipinski definition) is 0. The zero-order chi connectivity index (χ0) is 24.1. The molecule has 0 saturated carbocycles. The molecule has 4 aromatic rings. The number of hydrogen-bond acceptors (Lipinski definition) is 7. The molecule has 0 N–H and O–H groups in total. The monoisotopic (exact) mass is 515 g/mol. The van der Waals surface area contributed by atoms with E-state index in [1.807, 2.05) is 18.2 Å². The van der Waals surface area contributed by atoms with Crippen LogP contribution < -0.4 is 9.64 Å². The number of sulfone groups is 1. The molecular weight excluding hydrogens is 494 g/mol. The Kier molecular flexibility index (Phi) is 7.45. The number of ether oxygens (including phenoxy) is 1. The minimum atomic E-state index is -3.52. The normalized spacial score (nSPS) is 11.5. The lowest BCUT2D eigenvalue weighted by Crippen LogP contribution is -2.30. The summed E-state index contributed by atoms with van der Waals surface area (Å²) >= 11 is 7.47. The highest BCUT2D eigenvalue weighted by molar-refractivity contribution is 7.91. The number of amides is 1. The zero-order valence-electron chi connectivity index (χ0n) is 18.3. The molecule has 0 radical (unpaired) electrons. The van der Waals surface area contributed by atoms with Crippen molar-refractivity contribution in [2.45, 2.75) is 24.3 Å². The second-order valence-electron chi connectivity index (χ2n) is 7.55. The Labute approximate surface area is 206 Å². The van der Waals surface area contributed by atoms with Gasteiger partial charge in [-0.15, -0.1) is 0 Å². The number of methoxy groups -OCH3 is 1. The van der Waals surface area contributed by atoms with E-state index in [9.17, 15) is 13.2 Å². The van der Waals surface area contributed by atoms with E-state index in [1.165, 1.54) is 30.6 Å². The first-order valence-corrected chi connectivity index (χ1v) is 13.3. The van der Waals surface area contributed by atoms with E-state index in [0.29, 0.717) is 15.9 Å². The predicted molar refractivity (Wildman–Crippen MR) is 134 cm³/mol. The van der Waals surface area contributed by atoms with Crippen LogP contribution in [-0.2, 0) is 21.2 Å². The summed E-state index contributed by atoms with van der Waals surface area (Å²) in [4.78, 5) is 23.7. The van der Waals surface area contributed by atoms with Crippen LogP contribution in [0.15, 0.2) is 71.9 Å². The number of anilines is 1. The summed E-state index contributed by atoms with van der Waals surface area (Å²) in [5.41, 5.74) is 1.59. The van der Waals surface area contributed by atoms with Gasteiger partial charge in [0, 0.05) is 23.8 Å². The maximum absolute atomic E-state index is 13.2. The molecule has 0 aliphatic rings. The molecule has 2 aromatic heterocycles. The molecule has 0 aliphatic heterocycles. The highest BCUT2D eigenvalue weighted by Crippen LogP contribution is 2.32. The quantitative estimate of drug-likeness (QED) is 0.306. The summed E-state index contributed by atoms with van der Waals surface area (Å²) in [6, 6.07) is 15.3. The smallest absolute Gasteiger partial charge is 0.229 e. The Hall–Kier alpha value is -3.01. The zero-order valence-corrected chi connectivity index (χ0v) is 20.7. The molecule has 0 atom stereocenters. The summed E-state index contributed by atoms with van der Waals surface area (Å²) in [5.74, 6) is 0.234. The fourth-order valence-corrected chi connectivity index (χ4v) is 5.96. The number of halogens is 1. The number of pyridine rings is 1. The first-order chi connectivity index (χ1) is 16.4. The van der Waals surface area contributed by atoms with Gasteiger partial charge >= 0.3 is 0 Å². The summed E-state index contributed by atoms with van der Waals surface area (Å²) in [6.07, 6.45) is 3.61. The third kappa shape index (κ3) is 5.72. The van der Waals surface area contributed by atoms with E-state index in [-0.39, 0.29) is 35.9 Å². The Morgan fingerprint density at radius 3 is 2.65 bits per heavy atom. The van der Waals surface area contributed by atoms with Crippen LogP contribution in [0, 0.1) is 0 Å². The van der Waals surface area contributed by atoms with Gasteiger partial charge < -0.3 is 4.74 Å². The van der Waals surface area contributed by atoms with Crippen molar-refractivity contribution in [1.29, 1.82) is 0 Å². The average molecular weight is 516 g/mol. The van der Waals surface area contributed by atoms with Crippen molar-refractivity contribution in [3.8, 4) is 5.75 Å². The van der Waals surface area contributed by atoms with E-state index in [4.69, 9.17) is 16.3 Å². The van der Waals surface area contributed by atoms with Crippen LogP contribution in [0.25, 0.3) is 10.2 Å². The van der Waals surface area contributed by atoms with Gasteiger partial charge in [0.15, 0.2) is 15.0 Å². The average Bonchev–Trinajstić information content (AvgIpc) is 3.25. The molecule has 2 aromatic carbocycles. The standard InChI is InChI=1S/C24H22ClN3O4S2/c1-32-19-7-9-20(10-8-19)34(30,31)13-3-5-23(29)28(16-17-4-2-12-26-15-17)24-27-21-11-6-18(25)14-22(21)33-24/h2,4,6-12,14-15H,3,5,13,16H2,1H3. The maximum Gasteiger partial charge on any atom is 0.229 e. The third-order valence-corrected chi connectivity index (χ3v) is 8.25. The van der Waals surface area contributed by atoms with Gasteiger partial charge in [0.2, 0.25) is 5.91 Å². The number of thiazole rings is 1. The Balaban J connectivity index is 1.50. The van der Waals surface area contributed by atoms with Crippen molar-refractivity contribution in [3.05, 3.63) is 77.6 Å². The molecule has 0 spiro atoms. The van der Waals surface area contributed by atoms with Crippen LogP contribution >= 0.6 is 22.9 Å². The summed E-state index contributed by atoms with van der Waals surface area (Å²) < 4.78 is 31.3. The van der Waals surface area contributed by atoms with Crippen LogP contribution in [0.3, 0.4) is 0 Å². The topological polar surface area (TPSA) is 89.5 Å². The van der Waals surface area contributed by atoms with Crippen molar-refractivity contribution in [2.75, 3.05) is 17.8 Å². The van der Waals surface area contributed by atoms with E-state index >= 15 is 0 Å². The van der Waals surface area contributed by atoms with E-state index in [0.717, 1.165) is 15.8 Å². The van der Waals surface area contributed by atoms with Crippen LogP contribution in [-0.4, -0.2) is 37.2 Å². The number of carbonyl (C=O) groups excluding carboxylic acids is 1. The molecule has 0 bridgehead atoms. The largest absolute Gasteiger partial charge is 0.497 e. The van der Waals surface area contributed by atoms with Gasteiger partial charge in [-0.25, -0.2) is 13.4 Å². The molecular formula is C24H22ClN3O4S2. The number of nitrogens with zero attached hydrogens (tertiary/aromatic N) is 3. The van der Waals surface area contributed by atoms with Gasteiger partial charge in [-0.2, -0.15) is 0 Å². The highest BCUT2D eigenvalue weighted by Gasteiger charge is 2.22. The lowest BCUT2D eigenvalue weighted by atomic mass is 10.2. The molecule has 0 saturated heterocycles. The third-order valence-electron chi connectivity index (χ3n) is 5.16. The molecule has 0 fully saturated rings. The Morgan fingerprint density at radius 1 is 1.15 bits per heavy atom. The molecule has 34 heavy (non-hydrogen) atoms. The molecule has 0 unspecified atom stereocenters. The minimum absolute atomic E-state index is 0.0618. The second-order valence-corrected chi connectivity index (χ2v) is 11.1. The van der Waals surface area contributed by atoms with Gasteiger partial charge in [-0.3, -0.25) is 14.7 Å². The van der Waals surface area contributed by atoms with Gasteiger partial charge in [0.05, 0.1) is 34.5 Å². The highest BCUT2D eigenvalue weighted by atomic mass is 35.5.